The molecule has 4 nitrogen and oxygen atoms in total. The van der Waals surface area contributed by atoms with Crippen molar-refractivity contribution < 1.29 is 8.42 Å². The zero-order chi connectivity index (χ0) is 14.3. The predicted octanol–water partition coefficient (Wildman–Crippen LogP) is 2.78. The summed E-state index contributed by atoms with van der Waals surface area (Å²) < 4.78 is 26.3. The van der Waals surface area contributed by atoms with Crippen molar-refractivity contribution >= 4 is 27.3 Å². The molecule has 108 valence electrons. The van der Waals surface area contributed by atoms with Crippen LogP contribution < -0.4 is 10.0 Å². The lowest BCUT2D eigenvalue weighted by molar-refractivity contribution is 0.593. The Bertz CT molecular complexity index is 503. The molecule has 6 heteroatoms. The van der Waals surface area contributed by atoms with Gasteiger partial charge in [0, 0.05) is 0 Å². The predicted molar refractivity (Wildman–Crippen MR) is 81.4 cm³/mol. The lowest BCUT2D eigenvalue weighted by Crippen LogP contribution is -2.22. The van der Waals surface area contributed by atoms with Gasteiger partial charge in [-0.3, -0.25) is 4.72 Å². The van der Waals surface area contributed by atoms with Crippen LogP contribution in [0, 0.1) is 6.92 Å². The molecule has 0 aliphatic rings. The van der Waals surface area contributed by atoms with E-state index >= 15 is 0 Å². The van der Waals surface area contributed by atoms with Crippen LogP contribution in [0.5, 0.6) is 0 Å². The molecular weight excluding hydrogens is 284 g/mol. The third kappa shape index (κ3) is 6.27. The van der Waals surface area contributed by atoms with E-state index in [0.717, 1.165) is 18.5 Å². The van der Waals surface area contributed by atoms with Gasteiger partial charge in [-0.15, -0.1) is 0 Å². The molecule has 1 aromatic carbocycles. The van der Waals surface area contributed by atoms with Gasteiger partial charge in [0.1, 0.15) is 0 Å². The zero-order valence-electron chi connectivity index (χ0n) is 11.4. The number of sulfonamides is 1. The Morgan fingerprint density at radius 1 is 1.26 bits per heavy atom. The molecule has 0 radical (unpaired) electrons. The van der Waals surface area contributed by atoms with Crippen LogP contribution in [-0.2, 0) is 10.0 Å². The van der Waals surface area contributed by atoms with Crippen molar-refractivity contribution in [2.45, 2.75) is 26.7 Å². The lowest BCUT2D eigenvalue weighted by Gasteiger charge is -2.10. The van der Waals surface area contributed by atoms with Crippen LogP contribution in [0.3, 0.4) is 0 Å². The van der Waals surface area contributed by atoms with Crippen molar-refractivity contribution in [3.05, 3.63) is 28.8 Å². The van der Waals surface area contributed by atoms with Crippen LogP contribution in [-0.4, -0.2) is 27.3 Å². The normalized spacial score (nSPS) is 11.5. The largest absolute Gasteiger partial charge is 0.317 e. The summed E-state index contributed by atoms with van der Waals surface area (Å²) in [6.07, 6.45) is 1.63. The van der Waals surface area contributed by atoms with Crippen LogP contribution in [0.15, 0.2) is 18.2 Å². The van der Waals surface area contributed by atoms with E-state index in [0.29, 0.717) is 23.7 Å². The van der Waals surface area contributed by atoms with Gasteiger partial charge >= 0.3 is 0 Å². The van der Waals surface area contributed by atoms with Crippen LogP contribution in [0.25, 0.3) is 0 Å². The second-order valence-corrected chi connectivity index (χ2v) is 6.76. The SMILES string of the molecule is CCCNCCCS(=O)(=O)Nc1ccc(C)cc1Cl. The molecule has 1 rings (SSSR count). The quantitative estimate of drug-likeness (QED) is 0.726. The third-order valence-corrected chi connectivity index (χ3v) is 4.25. The monoisotopic (exact) mass is 304 g/mol. The minimum Gasteiger partial charge on any atom is -0.317 e. The topological polar surface area (TPSA) is 58.2 Å². The Morgan fingerprint density at radius 3 is 2.63 bits per heavy atom. The van der Waals surface area contributed by atoms with Crippen molar-refractivity contribution in [1.82, 2.24) is 5.32 Å². The molecule has 0 atom stereocenters. The second kappa shape index (κ2) is 7.72. The molecule has 2 N–H and O–H groups in total. The van der Waals surface area contributed by atoms with Crippen molar-refractivity contribution in [2.75, 3.05) is 23.6 Å². The number of hydrogen-bond acceptors (Lipinski definition) is 3. The smallest absolute Gasteiger partial charge is 0.232 e. The molecule has 1 aromatic rings. The van der Waals surface area contributed by atoms with Gasteiger partial charge in [0.25, 0.3) is 0 Å². The number of aryl methyl sites for hydroxylation is 1. The molecule has 0 aliphatic heterocycles. The van der Waals surface area contributed by atoms with E-state index in [1.54, 1.807) is 12.1 Å². The van der Waals surface area contributed by atoms with Gasteiger partial charge < -0.3 is 5.32 Å². The molecule has 0 amide bonds. The van der Waals surface area contributed by atoms with E-state index in [2.05, 4.69) is 17.0 Å². The summed E-state index contributed by atoms with van der Waals surface area (Å²) in [7, 11) is -3.33. The first-order chi connectivity index (χ1) is 8.94. The molecule has 0 heterocycles. The van der Waals surface area contributed by atoms with Gasteiger partial charge in [0.05, 0.1) is 16.5 Å². The maximum Gasteiger partial charge on any atom is 0.232 e. The molecule has 0 bridgehead atoms. The minimum atomic E-state index is -3.33. The highest BCUT2D eigenvalue weighted by atomic mass is 35.5. The van der Waals surface area contributed by atoms with Gasteiger partial charge in [0.15, 0.2) is 0 Å². The molecule has 0 saturated carbocycles. The van der Waals surface area contributed by atoms with Gasteiger partial charge in [-0.05, 0) is 50.6 Å². The molecule has 0 unspecified atom stereocenters. The number of anilines is 1. The summed E-state index contributed by atoms with van der Waals surface area (Å²) in [6, 6.07) is 5.25. The standard InChI is InChI=1S/C13H21ClN2O2S/c1-3-7-15-8-4-9-19(17,18)16-13-6-5-11(2)10-12(13)14/h5-6,10,15-16H,3-4,7-9H2,1-2H3. The average molecular weight is 305 g/mol. The molecule has 0 fully saturated rings. The van der Waals surface area contributed by atoms with Crippen molar-refractivity contribution in [3.63, 3.8) is 0 Å². The van der Waals surface area contributed by atoms with E-state index in [9.17, 15) is 8.42 Å². The van der Waals surface area contributed by atoms with Gasteiger partial charge in [0.2, 0.25) is 10.0 Å². The fraction of sp³-hybridized carbons (Fsp3) is 0.538. The summed E-state index contributed by atoms with van der Waals surface area (Å²) >= 11 is 6.00. The van der Waals surface area contributed by atoms with Crippen molar-refractivity contribution in [2.24, 2.45) is 0 Å². The summed E-state index contributed by atoms with van der Waals surface area (Å²) in [4.78, 5) is 0. The Balaban J connectivity index is 2.50. The average Bonchev–Trinajstić information content (AvgIpc) is 2.32. The number of benzene rings is 1. The zero-order valence-corrected chi connectivity index (χ0v) is 12.9. The van der Waals surface area contributed by atoms with Crippen molar-refractivity contribution in [1.29, 1.82) is 0 Å². The molecule has 19 heavy (non-hydrogen) atoms. The van der Waals surface area contributed by atoms with Gasteiger partial charge in [-0.1, -0.05) is 24.6 Å². The maximum atomic E-state index is 11.9. The summed E-state index contributed by atoms with van der Waals surface area (Å²) in [5.41, 5.74) is 1.44. The first-order valence-corrected chi connectivity index (χ1v) is 8.45. The van der Waals surface area contributed by atoms with E-state index in [1.165, 1.54) is 0 Å². The van der Waals surface area contributed by atoms with Crippen molar-refractivity contribution in [3.8, 4) is 0 Å². The van der Waals surface area contributed by atoms with E-state index < -0.39 is 10.0 Å². The van der Waals surface area contributed by atoms with Crippen LogP contribution in [0.4, 0.5) is 5.69 Å². The highest BCUT2D eigenvalue weighted by Gasteiger charge is 2.12. The van der Waals surface area contributed by atoms with Crippen LogP contribution in [0.2, 0.25) is 5.02 Å². The van der Waals surface area contributed by atoms with E-state index in [-0.39, 0.29) is 5.75 Å². The Morgan fingerprint density at radius 2 is 2.00 bits per heavy atom. The van der Waals surface area contributed by atoms with Crippen LogP contribution >= 0.6 is 11.6 Å². The maximum absolute atomic E-state index is 11.9. The summed E-state index contributed by atoms with van der Waals surface area (Å²) in [6.45, 7) is 5.60. The molecule has 0 aromatic heterocycles. The summed E-state index contributed by atoms with van der Waals surface area (Å²) in [5, 5.41) is 3.60. The number of rotatable bonds is 8. The van der Waals surface area contributed by atoms with Gasteiger partial charge in [-0.2, -0.15) is 0 Å². The minimum absolute atomic E-state index is 0.0912. The second-order valence-electron chi connectivity index (χ2n) is 4.51. The fourth-order valence-electron chi connectivity index (χ4n) is 1.61. The van der Waals surface area contributed by atoms with Gasteiger partial charge in [-0.25, -0.2) is 8.42 Å². The molecule has 0 spiro atoms. The first kappa shape index (κ1) is 16.3. The molecule has 0 aliphatic carbocycles. The Kier molecular flexibility index (Phi) is 6.62. The summed E-state index contributed by atoms with van der Waals surface area (Å²) in [5.74, 6) is 0.0912. The number of halogens is 1. The highest BCUT2D eigenvalue weighted by Crippen LogP contribution is 2.23. The first-order valence-electron chi connectivity index (χ1n) is 6.42. The van der Waals surface area contributed by atoms with E-state index in [1.807, 2.05) is 13.0 Å². The Hall–Kier alpha value is -0.780. The lowest BCUT2D eigenvalue weighted by atomic mass is 10.2. The van der Waals surface area contributed by atoms with E-state index in [4.69, 9.17) is 11.6 Å². The fourth-order valence-corrected chi connectivity index (χ4v) is 3.09. The highest BCUT2D eigenvalue weighted by molar-refractivity contribution is 7.92. The number of hydrogen-bond donors (Lipinski definition) is 2. The molecular formula is C13H21ClN2O2S. The molecule has 0 saturated heterocycles. The van der Waals surface area contributed by atoms with Crippen LogP contribution in [0.1, 0.15) is 25.3 Å². The Labute approximate surface area is 120 Å². The number of nitrogens with one attached hydrogen (secondary N) is 2. The third-order valence-electron chi connectivity index (χ3n) is 2.58.